The highest BCUT2D eigenvalue weighted by atomic mass is 16.7. The number of hydrogen-bond acceptors (Lipinski definition) is 3. The molecule has 1 aliphatic rings. The molecule has 0 aliphatic carbocycles. The summed E-state index contributed by atoms with van der Waals surface area (Å²) >= 11 is 0. The third-order valence-electron chi connectivity index (χ3n) is 2.93. The van der Waals surface area contributed by atoms with Crippen LogP contribution >= 0.6 is 0 Å². The van der Waals surface area contributed by atoms with Crippen LogP contribution in [0.1, 0.15) is 53.9 Å². The van der Waals surface area contributed by atoms with Crippen LogP contribution in [0.2, 0.25) is 0 Å². The number of nitrogens with zero attached hydrogens (tertiary/aromatic N) is 1. The Hall–Kier alpha value is -0.570. The predicted octanol–water partition coefficient (Wildman–Crippen LogP) is 2.51. The molecule has 3 nitrogen and oxygen atoms in total. The highest BCUT2D eigenvalue weighted by Gasteiger charge is 2.47. The molecule has 0 amide bonds. The minimum atomic E-state index is -0.145. The molecule has 0 aromatic rings. The Morgan fingerprint density at radius 2 is 1.64 bits per heavy atom. The van der Waals surface area contributed by atoms with Gasteiger partial charge in [-0.2, -0.15) is 0 Å². The van der Waals surface area contributed by atoms with E-state index < -0.39 is 0 Å². The monoisotopic (exact) mass is 199 g/mol. The lowest BCUT2D eigenvalue weighted by atomic mass is 10.0. The van der Waals surface area contributed by atoms with Gasteiger partial charge >= 0.3 is 5.97 Å². The lowest BCUT2D eigenvalue weighted by molar-refractivity contribution is -0.233. The van der Waals surface area contributed by atoms with Gasteiger partial charge in [0.15, 0.2) is 0 Å². The molecule has 14 heavy (non-hydrogen) atoms. The van der Waals surface area contributed by atoms with Gasteiger partial charge in [-0.05, 0) is 40.5 Å². The maximum absolute atomic E-state index is 11.3. The summed E-state index contributed by atoms with van der Waals surface area (Å²) in [6, 6.07) is 0. The van der Waals surface area contributed by atoms with Crippen LogP contribution in [0.5, 0.6) is 0 Å². The van der Waals surface area contributed by atoms with E-state index in [2.05, 4.69) is 27.7 Å². The minimum absolute atomic E-state index is 0.0334. The van der Waals surface area contributed by atoms with Gasteiger partial charge in [0.25, 0.3) is 0 Å². The summed E-state index contributed by atoms with van der Waals surface area (Å²) in [4.78, 5) is 16.7. The van der Waals surface area contributed by atoms with E-state index in [9.17, 15) is 4.79 Å². The predicted molar refractivity (Wildman–Crippen MR) is 55.6 cm³/mol. The fourth-order valence-electron chi connectivity index (χ4n) is 2.05. The molecule has 0 N–H and O–H groups in total. The molecule has 0 atom stereocenters. The van der Waals surface area contributed by atoms with E-state index in [1.807, 2.05) is 12.0 Å². The topological polar surface area (TPSA) is 29.5 Å². The number of hydrogen-bond donors (Lipinski definition) is 0. The van der Waals surface area contributed by atoms with Gasteiger partial charge in [0.1, 0.15) is 0 Å². The molecule has 1 aliphatic heterocycles. The van der Waals surface area contributed by atoms with E-state index >= 15 is 0 Å². The summed E-state index contributed by atoms with van der Waals surface area (Å²) in [5.74, 6) is -0.145. The molecule has 1 fully saturated rings. The smallest absolute Gasteiger partial charge is 0.324 e. The van der Waals surface area contributed by atoms with E-state index in [4.69, 9.17) is 4.84 Å². The Bertz CT molecular complexity index is 217. The van der Waals surface area contributed by atoms with Crippen molar-refractivity contribution in [2.45, 2.75) is 65.0 Å². The zero-order chi connectivity index (χ0) is 11.0. The van der Waals surface area contributed by atoms with Crippen molar-refractivity contribution < 1.29 is 9.63 Å². The first kappa shape index (κ1) is 11.5. The van der Waals surface area contributed by atoms with Gasteiger partial charge in [0.05, 0.1) is 11.1 Å². The van der Waals surface area contributed by atoms with Gasteiger partial charge in [0, 0.05) is 6.42 Å². The second kappa shape index (κ2) is 3.54. The van der Waals surface area contributed by atoms with Gasteiger partial charge in [-0.15, -0.1) is 5.06 Å². The van der Waals surface area contributed by atoms with Crippen LogP contribution in [-0.2, 0) is 9.63 Å². The average Bonchev–Trinajstić information content (AvgIpc) is 2.28. The molecule has 0 bridgehead atoms. The third-order valence-corrected chi connectivity index (χ3v) is 2.93. The van der Waals surface area contributed by atoms with E-state index in [0.29, 0.717) is 6.42 Å². The molecule has 3 heteroatoms. The highest BCUT2D eigenvalue weighted by molar-refractivity contribution is 5.68. The van der Waals surface area contributed by atoms with Crippen molar-refractivity contribution in [1.82, 2.24) is 5.06 Å². The second-order valence-corrected chi connectivity index (χ2v) is 5.24. The maximum atomic E-state index is 11.3. The van der Waals surface area contributed by atoms with E-state index in [1.54, 1.807) is 0 Å². The Balaban J connectivity index is 2.76. The Morgan fingerprint density at radius 1 is 1.21 bits per heavy atom. The van der Waals surface area contributed by atoms with Crippen molar-refractivity contribution in [3.05, 3.63) is 0 Å². The van der Waals surface area contributed by atoms with Gasteiger partial charge in [0.2, 0.25) is 0 Å². The van der Waals surface area contributed by atoms with E-state index in [1.165, 1.54) is 0 Å². The molecule has 0 spiro atoms. The summed E-state index contributed by atoms with van der Waals surface area (Å²) in [7, 11) is 0. The summed E-state index contributed by atoms with van der Waals surface area (Å²) < 4.78 is 0. The fourth-order valence-corrected chi connectivity index (χ4v) is 2.05. The van der Waals surface area contributed by atoms with Crippen LogP contribution in [-0.4, -0.2) is 22.1 Å². The van der Waals surface area contributed by atoms with Crippen LogP contribution in [0.15, 0.2) is 0 Å². The van der Waals surface area contributed by atoms with Gasteiger partial charge < -0.3 is 4.84 Å². The molecule has 0 radical (unpaired) electrons. The lowest BCUT2D eigenvalue weighted by Crippen LogP contribution is -2.49. The summed E-state index contributed by atoms with van der Waals surface area (Å²) in [6.45, 7) is 10.3. The first-order valence-electron chi connectivity index (χ1n) is 5.31. The van der Waals surface area contributed by atoms with Gasteiger partial charge in [-0.25, -0.2) is 0 Å². The van der Waals surface area contributed by atoms with Crippen molar-refractivity contribution in [1.29, 1.82) is 0 Å². The second-order valence-electron chi connectivity index (χ2n) is 5.24. The maximum Gasteiger partial charge on any atom is 0.324 e. The normalized spacial score (nSPS) is 24.9. The van der Waals surface area contributed by atoms with Crippen LogP contribution < -0.4 is 0 Å². The van der Waals surface area contributed by atoms with E-state index in [0.717, 1.165) is 12.8 Å². The van der Waals surface area contributed by atoms with Crippen molar-refractivity contribution in [2.24, 2.45) is 0 Å². The Labute approximate surface area is 86.4 Å². The Morgan fingerprint density at radius 3 is 2.00 bits per heavy atom. The summed E-state index contributed by atoms with van der Waals surface area (Å²) in [6.07, 6.45) is 2.57. The summed E-state index contributed by atoms with van der Waals surface area (Å²) in [5, 5.41) is 1.87. The number of carbonyl (C=O) groups is 1. The third kappa shape index (κ3) is 2.08. The van der Waals surface area contributed by atoms with Crippen molar-refractivity contribution in [3.63, 3.8) is 0 Å². The SMILES string of the molecule is CCC(=O)ON1C(C)(C)CCC1(C)C. The quantitative estimate of drug-likeness (QED) is 0.684. The fraction of sp³-hybridized carbons (Fsp3) is 0.909. The van der Waals surface area contributed by atoms with Crippen molar-refractivity contribution >= 4 is 5.97 Å². The van der Waals surface area contributed by atoms with Crippen LogP contribution in [0, 0.1) is 0 Å². The average molecular weight is 199 g/mol. The first-order valence-corrected chi connectivity index (χ1v) is 5.31. The molecule has 0 aromatic heterocycles. The molecule has 1 rings (SSSR count). The number of rotatable bonds is 2. The molecular formula is C11H21NO2. The molecule has 1 saturated heterocycles. The molecule has 1 heterocycles. The van der Waals surface area contributed by atoms with Crippen molar-refractivity contribution in [2.75, 3.05) is 0 Å². The molecule has 82 valence electrons. The van der Waals surface area contributed by atoms with Crippen LogP contribution in [0.3, 0.4) is 0 Å². The standard InChI is InChI=1S/C11H21NO2/c1-6-9(13)14-12-10(2,3)7-8-11(12,4)5/h6-8H2,1-5H3. The van der Waals surface area contributed by atoms with Gasteiger partial charge in [-0.3, -0.25) is 4.79 Å². The number of hydroxylamine groups is 2. The van der Waals surface area contributed by atoms with Crippen LogP contribution in [0.4, 0.5) is 0 Å². The lowest BCUT2D eigenvalue weighted by Gasteiger charge is -2.37. The van der Waals surface area contributed by atoms with Crippen molar-refractivity contribution in [3.8, 4) is 0 Å². The first-order chi connectivity index (χ1) is 6.29. The van der Waals surface area contributed by atoms with E-state index in [-0.39, 0.29) is 17.0 Å². The van der Waals surface area contributed by atoms with Crippen LogP contribution in [0.25, 0.3) is 0 Å². The highest BCUT2D eigenvalue weighted by Crippen LogP contribution is 2.40. The molecular weight excluding hydrogens is 178 g/mol. The zero-order valence-electron chi connectivity index (χ0n) is 9.89. The summed E-state index contributed by atoms with van der Waals surface area (Å²) in [5.41, 5.74) is -0.0668. The minimum Gasteiger partial charge on any atom is -0.367 e. The molecule has 0 aromatic carbocycles. The Kier molecular flexibility index (Phi) is 2.91. The molecule has 0 unspecified atom stereocenters. The largest absolute Gasteiger partial charge is 0.367 e. The van der Waals surface area contributed by atoms with Gasteiger partial charge in [-0.1, -0.05) is 6.92 Å². The molecule has 0 saturated carbocycles. The number of carbonyl (C=O) groups excluding carboxylic acids is 1. The zero-order valence-corrected chi connectivity index (χ0v) is 9.89.